The minimum Gasteiger partial charge on any atom is -0.318 e. The maximum atomic E-state index is 13.1. The number of rotatable bonds is 4. The Labute approximate surface area is 111 Å². The van der Waals surface area contributed by atoms with E-state index in [4.69, 9.17) is 11.6 Å². The van der Waals surface area contributed by atoms with E-state index >= 15 is 0 Å². The minimum atomic E-state index is -0.402. The van der Waals surface area contributed by atoms with E-state index in [9.17, 15) is 4.39 Å². The van der Waals surface area contributed by atoms with Gasteiger partial charge in [-0.2, -0.15) is 5.10 Å². The Morgan fingerprint density at radius 3 is 2.89 bits per heavy atom. The first-order valence-electron chi connectivity index (χ1n) is 5.76. The molecule has 2 aromatic rings. The molecule has 1 N–H and O–H groups in total. The van der Waals surface area contributed by atoms with Crippen LogP contribution in [0, 0.1) is 12.7 Å². The highest BCUT2D eigenvalue weighted by Crippen LogP contribution is 2.27. The lowest BCUT2D eigenvalue weighted by Gasteiger charge is -2.05. The van der Waals surface area contributed by atoms with Gasteiger partial charge in [0.15, 0.2) is 0 Å². The summed E-state index contributed by atoms with van der Waals surface area (Å²) in [5.41, 5.74) is 2.91. The van der Waals surface area contributed by atoms with E-state index in [0.717, 1.165) is 29.9 Å². The van der Waals surface area contributed by atoms with Crippen molar-refractivity contribution in [3.8, 4) is 11.1 Å². The van der Waals surface area contributed by atoms with Crippen LogP contribution < -0.4 is 5.32 Å². The number of nitrogens with one attached hydrogen (secondary N) is 1. The van der Waals surface area contributed by atoms with E-state index in [-0.39, 0.29) is 5.02 Å². The molecule has 2 rings (SSSR count). The Hall–Kier alpha value is -1.39. The molecule has 3 nitrogen and oxygen atoms in total. The zero-order valence-electron chi connectivity index (χ0n) is 10.4. The largest absolute Gasteiger partial charge is 0.318 e. The van der Waals surface area contributed by atoms with Crippen molar-refractivity contribution in [2.24, 2.45) is 0 Å². The van der Waals surface area contributed by atoms with Crippen LogP contribution >= 0.6 is 11.6 Å². The third-order valence-corrected chi connectivity index (χ3v) is 3.20. The summed E-state index contributed by atoms with van der Waals surface area (Å²) in [6, 6.07) is 4.72. The van der Waals surface area contributed by atoms with Gasteiger partial charge in [0.05, 0.1) is 17.8 Å². The topological polar surface area (TPSA) is 29.9 Å². The SMILES string of the molecule is CNCCn1ncc(-c2ccc(F)c(Cl)c2)c1C. The molecular formula is C13H15ClFN3. The van der Waals surface area contributed by atoms with Crippen LogP contribution in [0.1, 0.15) is 5.69 Å². The fraction of sp³-hybridized carbons (Fsp3) is 0.308. The first-order valence-corrected chi connectivity index (χ1v) is 6.13. The second kappa shape index (κ2) is 5.50. The highest BCUT2D eigenvalue weighted by Gasteiger charge is 2.10. The fourth-order valence-electron chi connectivity index (χ4n) is 1.84. The molecule has 0 atom stereocenters. The first-order chi connectivity index (χ1) is 8.63. The fourth-order valence-corrected chi connectivity index (χ4v) is 2.02. The van der Waals surface area contributed by atoms with Gasteiger partial charge in [0.1, 0.15) is 5.82 Å². The van der Waals surface area contributed by atoms with Gasteiger partial charge in [-0.15, -0.1) is 0 Å². The van der Waals surface area contributed by atoms with Crippen LogP contribution in [0.15, 0.2) is 24.4 Å². The van der Waals surface area contributed by atoms with Crippen LogP contribution in [0.2, 0.25) is 5.02 Å². The van der Waals surface area contributed by atoms with E-state index in [0.29, 0.717) is 0 Å². The van der Waals surface area contributed by atoms with Crippen molar-refractivity contribution in [2.45, 2.75) is 13.5 Å². The molecule has 5 heteroatoms. The molecule has 0 unspecified atom stereocenters. The number of halogens is 2. The van der Waals surface area contributed by atoms with E-state index in [1.54, 1.807) is 18.3 Å². The van der Waals surface area contributed by atoms with Gasteiger partial charge < -0.3 is 5.32 Å². The molecule has 0 aliphatic rings. The molecule has 96 valence electrons. The maximum Gasteiger partial charge on any atom is 0.141 e. The molecule has 0 saturated heterocycles. The van der Waals surface area contributed by atoms with Gasteiger partial charge in [0.2, 0.25) is 0 Å². The second-order valence-electron chi connectivity index (χ2n) is 4.10. The normalized spacial score (nSPS) is 10.9. The predicted octanol–water partition coefficient (Wildman–Crippen LogP) is 2.87. The van der Waals surface area contributed by atoms with Crippen molar-refractivity contribution < 1.29 is 4.39 Å². The van der Waals surface area contributed by atoms with E-state index < -0.39 is 5.82 Å². The van der Waals surface area contributed by atoms with Crippen LogP contribution in [0.5, 0.6) is 0 Å². The maximum absolute atomic E-state index is 13.1. The Balaban J connectivity index is 2.33. The summed E-state index contributed by atoms with van der Waals surface area (Å²) in [7, 11) is 1.90. The number of nitrogens with zero attached hydrogens (tertiary/aromatic N) is 2. The van der Waals surface area contributed by atoms with Crippen molar-refractivity contribution in [2.75, 3.05) is 13.6 Å². The molecule has 0 radical (unpaired) electrons. The molecule has 1 aromatic heterocycles. The van der Waals surface area contributed by atoms with Crippen molar-refractivity contribution in [3.05, 3.63) is 40.9 Å². The van der Waals surface area contributed by atoms with E-state index in [1.807, 2.05) is 18.7 Å². The molecule has 0 spiro atoms. The molecule has 0 amide bonds. The van der Waals surface area contributed by atoms with Gasteiger partial charge in [-0.25, -0.2) is 4.39 Å². The van der Waals surface area contributed by atoms with Gasteiger partial charge >= 0.3 is 0 Å². The average molecular weight is 268 g/mol. The summed E-state index contributed by atoms with van der Waals surface area (Å²) in [5.74, 6) is -0.402. The van der Waals surface area contributed by atoms with Gasteiger partial charge in [0, 0.05) is 17.8 Å². The van der Waals surface area contributed by atoms with Gasteiger partial charge in [-0.3, -0.25) is 4.68 Å². The number of aromatic nitrogens is 2. The molecule has 0 aliphatic heterocycles. The standard InChI is InChI=1S/C13H15ClFN3/c1-9-11(8-17-18(9)6-5-16-2)10-3-4-13(15)12(14)7-10/h3-4,7-8,16H,5-6H2,1-2H3. The van der Waals surface area contributed by atoms with Gasteiger partial charge in [0.25, 0.3) is 0 Å². The summed E-state index contributed by atoms with van der Waals surface area (Å²) >= 11 is 5.79. The number of likely N-dealkylation sites (N-methyl/N-ethyl adjacent to an activating group) is 1. The van der Waals surface area contributed by atoms with Crippen LogP contribution in [0.3, 0.4) is 0 Å². The lowest BCUT2D eigenvalue weighted by molar-refractivity contribution is 0.572. The Morgan fingerprint density at radius 1 is 1.44 bits per heavy atom. The molecule has 1 heterocycles. The lowest BCUT2D eigenvalue weighted by atomic mass is 10.1. The van der Waals surface area contributed by atoms with Crippen molar-refractivity contribution in [1.82, 2.24) is 15.1 Å². The van der Waals surface area contributed by atoms with Crippen molar-refractivity contribution in [1.29, 1.82) is 0 Å². The van der Waals surface area contributed by atoms with Crippen molar-refractivity contribution in [3.63, 3.8) is 0 Å². The summed E-state index contributed by atoms with van der Waals surface area (Å²) in [4.78, 5) is 0. The summed E-state index contributed by atoms with van der Waals surface area (Å²) in [6.07, 6.45) is 1.79. The molecular weight excluding hydrogens is 253 g/mol. The van der Waals surface area contributed by atoms with E-state index in [1.165, 1.54) is 6.07 Å². The third kappa shape index (κ3) is 2.54. The van der Waals surface area contributed by atoms with Crippen molar-refractivity contribution >= 4 is 11.6 Å². The predicted molar refractivity (Wildman–Crippen MR) is 71.3 cm³/mol. The minimum absolute atomic E-state index is 0.134. The van der Waals surface area contributed by atoms with E-state index in [2.05, 4.69) is 10.4 Å². The first kappa shape index (κ1) is 13.1. The number of hydrogen-bond acceptors (Lipinski definition) is 2. The lowest BCUT2D eigenvalue weighted by Crippen LogP contribution is -2.16. The molecule has 0 bridgehead atoms. The Bertz CT molecular complexity index is 551. The highest BCUT2D eigenvalue weighted by molar-refractivity contribution is 6.31. The average Bonchev–Trinajstić information content (AvgIpc) is 2.72. The summed E-state index contributed by atoms with van der Waals surface area (Å²) in [5, 5.41) is 7.53. The highest BCUT2D eigenvalue weighted by atomic mass is 35.5. The smallest absolute Gasteiger partial charge is 0.141 e. The Kier molecular flexibility index (Phi) is 3.99. The van der Waals surface area contributed by atoms with Crippen LogP contribution in [-0.4, -0.2) is 23.4 Å². The van der Waals surface area contributed by atoms with Gasteiger partial charge in [-0.05, 0) is 31.7 Å². The quantitative estimate of drug-likeness (QED) is 0.923. The zero-order chi connectivity index (χ0) is 13.1. The number of hydrogen-bond donors (Lipinski definition) is 1. The molecule has 0 saturated carbocycles. The van der Waals surface area contributed by atoms with Crippen LogP contribution in [0.4, 0.5) is 4.39 Å². The zero-order valence-corrected chi connectivity index (χ0v) is 11.1. The van der Waals surface area contributed by atoms with Gasteiger partial charge in [-0.1, -0.05) is 17.7 Å². The van der Waals surface area contributed by atoms with Crippen LogP contribution in [0.25, 0.3) is 11.1 Å². The molecule has 18 heavy (non-hydrogen) atoms. The molecule has 0 fully saturated rings. The monoisotopic (exact) mass is 267 g/mol. The number of benzene rings is 1. The third-order valence-electron chi connectivity index (χ3n) is 2.91. The van der Waals surface area contributed by atoms with Crippen LogP contribution in [-0.2, 0) is 6.54 Å². The second-order valence-corrected chi connectivity index (χ2v) is 4.51. The Morgan fingerprint density at radius 2 is 2.22 bits per heavy atom. The summed E-state index contributed by atoms with van der Waals surface area (Å²) < 4.78 is 15.0. The molecule has 1 aromatic carbocycles. The molecule has 0 aliphatic carbocycles. The summed E-state index contributed by atoms with van der Waals surface area (Å²) in [6.45, 7) is 3.65.